The van der Waals surface area contributed by atoms with Crippen LogP contribution in [0.5, 0.6) is 0 Å². The standard InChI is InChI=1S/C15H23O2SSi/c1-15(2,3)14(17-19(4)5)12-8-6-11(7-9-12)10-13(16)18/h6-9,14H,10H2,1-5H3,(H,16,18). The Labute approximate surface area is 123 Å². The molecule has 1 rings (SSSR count). The molecule has 0 aliphatic carbocycles. The topological polar surface area (TPSA) is 26.3 Å². The Bertz CT molecular complexity index is 421. The minimum atomic E-state index is -0.758. The summed E-state index contributed by atoms with van der Waals surface area (Å²) in [5.41, 5.74) is 2.23. The molecule has 0 saturated heterocycles. The Hall–Kier alpha value is -0.583. The number of hydrogen-bond acceptors (Lipinski definition) is 2. The van der Waals surface area contributed by atoms with Crippen molar-refractivity contribution in [2.24, 2.45) is 5.41 Å². The molecule has 1 atom stereocenters. The summed E-state index contributed by atoms with van der Waals surface area (Å²) in [4.78, 5) is 11.0. The van der Waals surface area contributed by atoms with Crippen LogP contribution in [-0.2, 0) is 15.6 Å². The molecule has 1 radical (unpaired) electrons. The fourth-order valence-electron chi connectivity index (χ4n) is 1.97. The van der Waals surface area contributed by atoms with Crippen LogP contribution < -0.4 is 0 Å². The second-order valence-electron chi connectivity index (χ2n) is 6.08. The summed E-state index contributed by atoms with van der Waals surface area (Å²) in [6, 6.07) is 8.10. The van der Waals surface area contributed by atoms with E-state index < -0.39 is 9.04 Å². The van der Waals surface area contributed by atoms with Gasteiger partial charge in [0, 0.05) is 6.42 Å². The molecule has 1 aromatic rings. The number of benzene rings is 1. The van der Waals surface area contributed by atoms with Crippen LogP contribution in [0, 0.1) is 5.41 Å². The van der Waals surface area contributed by atoms with Gasteiger partial charge in [0.1, 0.15) is 0 Å². The van der Waals surface area contributed by atoms with Crippen molar-refractivity contribution in [2.75, 3.05) is 0 Å². The molecule has 0 bridgehead atoms. The van der Waals surface area contributed by atoms with Gasteiger partial charge in [0.05, 0.1) is 6.10 Å². The molecule has 0 aliphatic rings. The normalized spacial score (nSPS) is 13.6. The minimum Gasteiger partial charge on any atom is -0.410 e. The van der Waals surface area contributed by atoms with Crippen molar-refractivity contribution >= 4 is 26.8 Å². The SMILES string of the molecule is C[Si](C)OC(c1ccc(CC(=O)S)cc1)C(C)(C)C. The second kappa shape index (κ2) is 6.73. The third-order valence-electron chi connectivity index (χ3n) is 2.78. The number of carbonyl (C=O) groups excluding carboxylic acids is 1. The highest BCUT2D eigenvalue weighted by atomic mass is 32.1. The molecule has 0 amide bonds. The van der Waals surface area contributed by atoms with Crippen LogP contribution in [0.1, 0.15) is 38.0 Å². The molecule has 2 nitrogen and oxygen atoms in total. The van der Waals surface area contributed by atoms with Gasteiger partial charge in [-0.15, -0.1) is 12.6 Å². The predicted molar refractivity (Wildman–Crippen MR) is 84.9 cm³/mol. The number of hydrogen-bond donors (Lipinski definition) is 1. The van der Waals surface area contributed by atoms with Crippen molar-refractivity contribution in [3.63, 3.8) is 0 Å². The molecule has 0 fully saturated rings. The molecule has 0 spiro atoms. The number of carbonyl (C=O) groups is 1. The molecule has 1 aromatic carbocycles. The van der Waals surface area contributed by atoms with E-state index in [4.69, 9.17) is 4.43 Å². The summed E-state index contributed by atoms with van der Waals surface area (Å²) < 4.78 is 6.14. The lowest BCUT2D eigenvalue weighted by Gasteiger charge is -2.32. The Morgan fingerprint density at radius 2 is 1.79 bits per heavy atom. The van der Waals surface area contributed by atoms with Crippen LogP contribution in [0.25, 0.3) is 0 Å². The molecule has 0 N–H and O–H groups in total. The Kier molecular flexibility index (Phi) is 5.83. The lowest BCUT2D eigenvalue weighted by molar-refractivity contribution is -0.110. The van der Waals surface area contributed by atoms with Gasteiger partial charge in [0.15, 0.2) is 5.12 Å². The maximum absolute atomic E-state index is 11.0. The minimum absolute atomic E-state index is 0.0584. The van der Waals surface area contributed by atoms with Crippen LogP contribution in [-0.4, -0.2) is 14.2 Å². The van der Waals surface area contributed by atoms with Gasteiger partial charge in [0.2, 0.25) is 9.04 Å². The van der Waals surface area contributed by atoms with Gasteiger partial charge in [-0.2, -0.15) is 0 Å². The van der Waals surface area contributed by atoms with Gasteiger partial charge < -0.3 is 4.43 Å². The van der Waals surface area contributed by atoms with Gasteiger partial charge in [0.25, 0.3) is 0 Å². The van der Waals surface area contributed by atoms with Crippen molar-refractivity contribution in [1.29, 1.82) is 0 Å². The van der Waals surface area contributed by atoms with Gasteiger partial charge in [-0.3, -0.25) is 4.79 Å². The monoisotopic (exact) mass is 295 g/mol. The second-order valence-corrected chi connectivity index (χ2v) is 8.64. The van der Waals surface area contributed by atoms with Gasteiger partial charge in [-0.05, 0) is 29.6 Å². The van der Waals surface area contributed by atoms with Crippen LogP contribution >= 0.6 is 12.6 Å². The van der Waals surface area contributed by atoms with E-state index in [0.717, 1.165) is 5.56 Å². The lowest BCUT2D eigenvalue weighted by Crippen LogP contribution is -2.25. The van der Waals surface area contributed by atoms with Crippen LogP contribution in [0.15, 0.2) is 24.3 Å². The largest absolute Gasteiger partial charge is 0.410 e. The molecule has 1 unspecified atom stereocenters. The summed E-state index contributed by atoms with van der Waals surface area (Å²) >= 11 is 3.81. The van der Waals surface area contributed by atoms with E-state index in [0.29, 0.717) is 6.42 Å². The van der Waals surface area contributed by atoms with E-state index in [1.807, 2.05) is 12.1 Å². The van der Waals surface area contributed by atoms with E-state index in [2.05, 4.69) is 58.6 Å². The molecule has 0 aliphatic heterocycles. The Morgan fingerprint density at radius 3 is 2.16 bits per heavy atom. The van der Waals surface area contributed by atoms with Crippen molar-refractivity contribution in [3.8, 4) is 0 Å². The fraction of sp³-hybridized carbons (Fsp3) is 0.533. The van der Waals surface area contributed by atoms with Crippen LogP contribution in [0.3, 0.4) is 0 Å². The number of rotatable bonds is 5. The number of thiol groups is 1. The predicted octanol–water partition coefficient (Wildman–Crippen LogP) is 4.04. The summed E-state index contributed by atoms with van der Waals surface area (Å²) in [5, 5.41) is -0.107. The first-order valence-electron chi connectivity index (χ1n) is 6.47. The smallest absolute Gasteiger partial charge is 0.205 e. The highest BCUT2D eigenvalue weighted by molar-refractivity contribution is 7.96. The summed E-state index contributed by atoms with van der Waals surface area (Å²) in [6.07, 6.45) is 0.471. The summed E-state index contributed by atoms with van der Waals surface area (Å²) in [7, 11) is -0.758. The highest BCUT2D eigenvalue weighted by Gasteiger charge is 2.27. The lowest BCUT2D eigenvalue weighted by atomic mass is 9.84. The Balaban J connectivity index is 2.94. The van der Waals surface area contributed by atoms with Crippen molar-refractivity contribution in [3.05, 3.63) is 35.4 Å². The molecule has 19 heavy (non-hydrogen) atoms. The average Bonchev–Trinajstić information content (AvgIpc) is 2.25. The first-order valence-corrected chi connectivity index (χ1v) is 9.33. The first kappa shape index (κ1) is 16.5. The summed E-state index contributed by atoms with van der Waals surface area (Å²) in [6.45, 7) is 10.9. The molecule has 0 saturated carbocycles. The van der Waals surface area contributed by atoms with Crippen molar-refractivity contribution in [2.45, 2.75) is 46.4 Å². The zero-order chi connectivity index (χ0) is 14.6. The third-order valence-corrected chi connectivity index (χ3v) is 3.64. The summed E-state index contributed by atoms with van der Waals surface area (Å²) in [5.74, 6) is 0. The highest BCUT2D eigenvalue weighted by Crippen LogP contribution is 2.36. The van der Waals surface area contributed by atoms with E-state index in [-0.39, 0.29) is 16.6 Å². The third kappa shape index (κ3) is 5.51. The average molecular weight is 296 g/mol. The fourth-order valence-corrected chi connectivity index (χ4v) is 3.11. The zero-order valence-corrected chi connectivity index (χ0v) is 14.3. The Morgan fingerprint density at radius 1 is 1.26 bits per heavy atom. The first-order chi connectivity index (χ1) is 8.70. The van der Waals surface area contributed by atoms with Crippen molar-refractivity contribution < 1.29 is 9.22 Å². The molecule has 0 aromatic heterocycles. The van der Waals surface area contributed by atoms with Crippen LogP contribution in [0.4, 0.5) is 0 Å². The van der Waals surface area contributed by atoms with E-state index in [1.165, 1.54) is 5.56 Å². The maximum atomic E-state index is 11.0. The van der Waals surface area contributed by atoms with Gasteiger partial charge in [-0.25, -0.2) is 0 Å². The molecular weight excluding hydrogens is 272 g/mol. The van der Waals surface area contributed by atoms with Gasteiger partial charge in [-0.1, -0.05) is 45.0 Å². The quantitative estimate of drug-likeness (QED) is 0.655. The maximum Gasteiger partial charge on any atom is 0.205 e. The molecule has 105 valence electrons. The van der Waals surface area contributed by atoms with E-state index in [9.17, 15) is 4.79 Å². The van der Waals surface area contributed by atoms with Crippen LogP contribution in [0.2, 0.25) is 13.1 Å². The van der Waals surface area contributed by atoms with E-state index in [1.54, 1.807) is 0 Å². The zero-order valence-electron chi connectivity index (χ0n) is 12.4. The molecule has 0 heterocycles. The molecular formula is C15H23O2SSi. The molecule has 4 heteroatoms. The van der Waals surface area contributed by atoms with E-state index >= 15 is 0 Å². The van der Waals surface area contributed by atoms with Crippen molar-refractivity contribution in [1.82, 2.24) is 0 Å². The van der Waals surface area contributed by atoms with Gasteiger partial charge >= 0.3 is 0 Å².